The van der Waals surface area contributed by atoms with Crippen LogP contribution in [0.3, 0.4) is 0 Å². The van der Waals surface area contributed by atoms with Crippen molar-refractivity contribution in [3.05, 3.63) is 88.2 Å². The van der Waals surface area contributed by atoms with Gasteiger partial charge >= 0.3 is 0 Å². The summed E-state index contributed by atoms with van der Waals surface area (Å²) in [5.41, 5.74) is 5.82. The van der Waals surface area contributed by atoms with E-state index >= 15 is 0 Å². The van der Waals surface area contributed by atoms with E-state index in [0.717, 1.165) is 32.5 Å². The number of hydrogen-bond donors (Lipinski definition) is 0. The molecule has 0 radical (unpaired) electrons. The van der Waals surface area contributed by atoms with E-state index in [4.69, 9.17) is 0 Å². The molecule has 0 aliphatic rings. The monoisotopic (exact) mass is 450 g/mol. The molecule has 0 unspecified atom stereocenters. The Kier molecular flexibility index (Phi) is 5.59. The quantitative estimate of drug-likeness (QED) is 0.349. The number of hydrogen-bond acceptors (Lipinski definition) is 4. The van der Waals surface area contributed by atoms with Gasteiger partial charge in [0.05, 0.1) is 5.69 Å². The lowest BCUT2D eigenvalue weighted by atomic mass is 10.1. The molecular weight excluding hydrogens is 432 g/mol. The number of aryl methyl sites for hydroxylation is 2. The Bertz CT molecular complexity index is 1090. The summed E-state index contributed by atoms with van der Waals surface area (Å²) < 4.78 is 3.21. The molecule has 0 fully saturated rings. The van der Waals surface area contributed by atoms with Crippen molar-refractivity contribution >= 4 is 27.7 Å². The summed E-state index contributed by atoms with van der Waals surface area (Å²) in [6.45, 7) is 4.25. The van der Waals surface area contributed by atoms with Gasteiger partial charge in [-0.3, -0.25) is 9.55 Å². The maximum Gasteiger partial charge on any atom is 0.196 e. The predicted octanol–water partition coefficient (Wildman–Crippen LogP) is 6.00. The molecule has 6 heteroatoms. The molecule has 0 atom stereocenters. The molecule has 2 aromatic carbocycles. The van der Waals surface area contributed by atoms with Crippen LogP contribution in [0.25, 0.3) is 17.1 Å². The predicted molar refractivity (Wildman–Crippen MR) is 118 cm³/mol. The summed E-state index contributed by atoms with van der Waals surface area (Å²) in [6.07, 6.45) is 3.56. The number of thioether (sulfide) groups is 1. The zero-order chi connectivity index (χ0) is 19.5. The molecule has 0 bridgehead atoms. The van der Waals surface area contributed by atoms with E-state index in [1.165, 1.54) is 16.7 Å². The second-order valence-electron chi connectivity index (χ2n) is 6.56. The molecule has 0 saturated heterocycles. The van der Waals surface area contributed by atoms with Crippen LogP contribution in [-0.2, 0) is 5.75 Å². The van der Waals surface area contributed by atoms with E-state index in [-0.39, 0.29) is 0 Å². The van der Waals surface area contributed by atoms with E-state index in [1.807, 2.05) is 12.1 Å². The first kappa shape index (κ1) is 18.9. The smallest absolute Gasteiger partial charge is 0.196 e. The molecule has 0 amide bonds. The molecule has 140 valence electrons. The number of pyridine rings is 1. The Morgan fingerprint density at radius 1 is 0.893 bits per heavy atom. The maximum atomic E-state index is 4.50. The van der Waals surface area contributed by atoms with Crippen LogP contribution < -0.4 is 0 Å². The third-order valence-electron chi connectivity index (χ3n) is 4.60. The van der Waals surface area contributed by atoms with Gasteiger partial charge in [-0.2, -0.15) is 0 Å². The fraction of sp³-hybridized carbons (Fsp3) is 0.136. The molecule has 2 aromatic heterocycles. The lowest BCUT2D eigenvalue weighted by Gasteiger charge is -2.12. The number of nitrogens with zero attached hydrogens (tertiary/aromatic N) is 4. The van der Waals surface area contributed by atoms with Crippen LogP contribution in [0.15, 0.2) is 76.6 Å². The Morgan fingerprint density at radius 3 is 2.36 bits per heavy atom. The minimum atomic E-state index is 0.823. The zero-order valence-electron chi connectivity index (χ0n) is 15.6. The van der Waals surface area contributed by atoms with E-state index in [2.05, 4.69) is 92.0 Å². The van der Waals surface area contributed by atoms with Gasteiger partial charge in [0, 0.05) is 28.2 Å². The van der Waals surface area contributed by atoms with Crippen molar-refractivity contribution in [1.82, 2.24) is 19.7 Å². The van der Waals surface area contributed by atoms with E-state index in [0.29, 0.717) is 0 Å². The van der Waals surface area contributed by atoms with Gasteiger partial charge in [0.25, 0.3) is 0 Å². The van der Waals surface area contributed by atoms with Crippen molar-refractivity contribution in [2.75, 3.05) is 0 Å². The van der Waals surface area contributed by atoms with Crippen LogP contribution in [-0.4, -0.2) is 19.7 Å². The lowest BCUT2D eigenvalue weighted by Crippen LogP contribution is -2.01. The van der Waals surface area contributed by atoms with Crippen LogP contribution >= 0.6 is 27.7 Å². The lowest BCUT2D eigenvalue weighted by molar-refractivity contribution is 0.884. The fourth-order valence-electron chi connectivity index (χ4n) is 2.88. The van der Waals surface area contributed by atoms with Crippen molar-refractivity contribution in [2.45, 2.75) is 24.8 Å². The van der Waals surface area contributed by atoms with Gasteiger partial charge in [-0.05, 0) is 66.9 Å². The minimum Gasteiger partial charge on any atom is -0.270 e. The van der Waals surface area contributed by atoms with E-state index in [9.17, 15) is 0 Å². The third-order valence-corrected chi connectivity index (χ3v) is 6.13. The van der Waals surface area contributed by atoms with Gasteiger partial charge in [-0.25, -0.2) is 0 Å². The van der Waals surface area contributed by atoms with Crippen LogP contribution in [0, 0.1) is 13.8 Å². The summed E-state index contributed by atoms with van der Waals surface area (Å²) in [5, 5.41) is 9.87. The van der Waals surface area contributed by atoms with Crippen LogP contribution in [0.4, 0.5) is 0 Å². The molecule has 28 heavy (non-hydrogen) atoms. The fourth-order valence-corrected chi connectivity index (χ4v) is 4.05. The molecule has 0 aliphatic carbocycles. The summed E-state index contributed by atoms with van der Waals surface area (Å²) in [4.78, 5) is 4.12. The van der Waals surface area contributed by atoms with Gasteiger partial charge in [0.2, 0.25) is 0 Å². The highest BCUT2D eigenvalue weighted by Crippen LogP contribution is 2.30. The highest BCUT2D eigenvalue weighted by Gasteiger charge is 2.16. The Morgan fingerprint density at radius 2 is 1.64 bits per heavy atom. The van der Waals surface area contributed by atoms with Gasteiger partial charge in [0.15, 0.2) is 11.0 Å². The Labute approximate surface area is 177 Å². The SMILES string of the molecule is Cc1ccc(-n2c(SCc3ccc(Br)cc3)nnc2-c2ccncc2)cc1C. The maximum absolute atomic E-state index is 4.50. The minimum absolute atomic E-state index is 0.823. The van der Waals surface area contributed by atoms with Gasteiger partial charge in [-0.1, -0.05) is 45.9 Å². The number of benzene rings is 2. The van der Waals surface area contributed by atoms with Crippen molar-refractivity contribution in [2.24, 2.45) is 0 Å². The number of halogens is 1. The van der Waals surface area contributed by atoms with Gasteiger partial charge in [0.1, 0.15) is 0 Å². The number of rotatable bonds is 5. The molecule has 0 aliphatic heterocycles. The first-order chi connectivity index (χ1) is 13.6. The summed E-state index contributed by atoms with van der Waals surface area (Å²) >= 11 is 5.17. The molecule has 2 heterocycles. The van der Waals surface area contributed by atoms with Crippen molar-refractivity contribution in [3.8, 4) is 17.1 Å². The molecule has 4 aromatic rings. The summed E-state index contributed by atoms with van der Waals surface area (Å²) in [6, 6.07) is 18.8. The molecule has 4 rings (SSSR count). The van der Waals surface area contributed by atoms with Crippen molar-refractivity contribution in [1.29, 1.82) is 0 Å². The number of aromatic nitrogens is 4. The van der Waals surface area contributed by atoms with Crippen LogP contribution in [0.1, 0.15) is 16.7 Å². The Hall–Kier alpha value is -2.44. The first-order valence-corrected chi connectivity index (χ1v) is 10.7. The van der Waals surface area contributed by atoms with E-state index in [1.54, 1.807) is 24.2 Å². The molecule has 0 saturated carbocycles. The highest BCUT2D eigenvalue weighted by atomic mass is 79.9. The van der Waals surface area contributed by atoms with Crippen LogP contribution in [0.5, 0.6) is 0 Å². The zero-order valence-corrected chi connectivity index (χ0v) is 18.0. The Balaban J connectivity index is 1.74. The largest absolute Gasteiger partial charge is 0.270 e. The average molecular weight is 451 g/mol. The molecule has 4 nitrogen and oxygen atoms in total. The molecule has 0 N–H and O–H groups in total. The summed E-state index contributed by atoms with van der Waals surface area (Å²) in [5.74, 6) is 1.65. The second kappa shape index (κ2) is 8.29. The molecule has 0 spiro atoms. The first-order valence-electron chi connectivity index (χ1n) is 8.92. The van der Waals surface area contributed by atoms with Crippen molar-refractivity contribution in [3.63, 3.8) is 0 Å². The van der Waals surface area contributed by atoms with E-state index < -0.39 is 0 Å². The van der Waals surface area contributed by atoms with Crippen molar-refractivity contribution < 1.29 is 0 Å². The summed E-state index contributed by atoms with van der Waals surface area (Å²) in [7, 11) is 0. The average Bonchev–Trinajstić information content (AvgIpc) is 3.14. The third kappa shape index (κ3) is 4.03. The van der Waals surface area contributed by atoms with Gasteiger partial charge in [-0.15, -0.1) is 10.2 Å². The van der Waals surface area contributed by atoms with Crippen LogP contribution in [0.2, 0.25) is 0 Å². The standard InChI is InChI=1S/C22H19BrN4S/c1-15-3-8-20(13-16(15)2)27-21(18-9-11-24-12-10-18)25-26-22(27)28-14-17-4-6-19(23)7-5-17/h3-13H,14H2,1-2H3. The second-order valence-corrected chi connectivity index (χ2v) is 8.42. The topological polar surface area (TPSA) is 43.6 Å². The molecular formula is C22H19BrN4S. The highest BCUT2D eigenvalue weighted by molar-refractivity contribution is 9.10. The van der Waals surface area contributed by atoms with Gasteiger partial charge < -0.3 is 0 Å². The normalized spacial score (nSPS) is 11.0.